The summed E-state index contributed by atoms with van der Waals surface area (Å²) in [5.41, 5.74) is 4.84. The van der Waals surface area contributed by atoms with E-state index in [9.17, 15) is 9.59 Å². The van der Waals surface area contributed by atoms with E-state index in [4.69, 9.17) is 5.11 Å². The van der Waals surface area contributed by atoms with Gasteiger partial charge in [0.25, 0.3) is 0 Å². The molecule has 0 radical (unpaired) electrons. The number of ketones is 1. The van der Waals surface area contributed by atoms with Crippen LogP contribution in [0.3, 0.4) is 0 Å². The van der Waals surface area contributed by atoms with Crippen molar-refractivity contribution >= 4 is 17.4 Å². The second-order valence-electron chi connectivity index (χ2n) is 7.87. The smallest absolute Gasteiger partial charge is 0.305 e. The summed E-state index contributed by atoms with van der Waals surface area (Å²) >= 11 is 0. The summed E-state index contributed by atoms with van der Waals surface area (Å²) in [5.74, 6) is -0.907. The molecule has 0 amide bonds. The largest absolute Gasteiger partial charge is 0.481 e. The van der Waals surface area contributed by atoms with E-state index in [0.29, 0.717) is 18.7 Å². The molecule has 2 aliphatic rings. The minimum absolute atomic E-state index is 0.0456. The molecule has 0 atom stereocenters. The van der Waals surface area contributed by atoms with Gasteiger partial charge in [0.1, 0.15) is 0 Å². The summed E-state index contributed by atoms with van der Waals surface area (Å²) in [6.45, 7) is 7.37. The average Bonchev–Trinajstić information content (AvgIpc) is 2.88. The first-order valence-electron chi connectivity index (χ1n) is 9.92. The number of carbonyl (C=O) groups is 2. The van der Waals surface area contributed by atoms with Crippen LogP contribution < -0.4 is 4.90 Å². The maximum Gasteiger partial charge on any atom is 0.305 e. The molecule has 5 nitrogen and oxygen atoms in total. The van der Waals surface area contributed by atoms with E-state index < -0.39 is 5.97 Å². The van der Waals surface area contributed by atoms with E-state index in [-0.39, 0.29) is 17.6 Å². The van der Waals surface area contributed by atoms with Crippen LogP contribution in [0.15, 0.2) is 71.6 Å². The molecule has 5 heteroatoms. The number of fused-ring (bicyclic) bond motifs is 1. The average molecular weight is 392 g/mol. The van der Waals surface area contributed by atoms with Gasteiger partial charge in [0.2, 0.25) is 0 Å². The van der Waals surface area contributed by atoms with E-state index in [1.165, 1.54) is 11.3 Å². The van der Waals surface area contributed by atoms with Crippen molar-refractivity contribution in [3.8, 4) is 0 Å². The fourth-order valence-electron chi connectivity index (χ4n) is 4.03. The molecular weight excluding hydrogens is 364 g/mol. The molecule has 0 saturated carbocycles. The summed E-state index contributed by atoms with van der Waals surface area (Å²) in [5, 5.41) is 8.90. The van der Waals surface area contributed by atoms with Crippen molar-refractivity contribution in [3.05, 3.63) is 77.2 Å². The molecule has 0 spiro atoms. The van der Waals surface area contributed by atoms with Crippen LogP contribution in [0.4, 0.5) is 5.69 Å². The molecule has 0 unspecified atom stereocenters. The molecule has 1 N–H and O–H groups in total. The Bertz CT molecular complexity index is 951. The highest BCUT2D eigenvalue weighted by molar-refractivity contribution is 6.08. The summed E-state index contributed by atoms with van der Waals surface area (Å²) in [4.78, 5) is 27.6. The lowest BCUT2D eigenvalue weighted by molar-refractivity contribution is -0.137. The zero-order valence-electron chi connectivity index (χ0n) is 17.5. The molecule has 1 aliphatic carbocycles. The first-order valence-corrected chi connectivity index (χ1v) is 9.92. The topological polar surface area (TPSA) is 60.9 Å². The van der Waals surface area contributed by atoms with Crippen LogP contribution in [-0.4, -0.2) is 41.9 Å². The number of benzene rings is 1. The predicted octanol–water partition coefficient (Wildman–Crippen LogP) is 4.04. The fraction of sp³-hybridized carbons (Fsp3) is 0.333. The third-order valence-corrected chi connectivity index (χ3v) is 5.70. The molecule has 0 fully saturated rings. The highest BCUT2D eigenvalue weighted by Gasteiger charge is 2.37. The molecule has 29 heavy (non-hydrogen) atoms. The molecule has 1 aromatic rings. The van der Waals surface area contributed by atoms with Crippen LogP contribution in [-0.2, 0) is 15.0 Å². The Kier molecular flexibility index (Phi) is 5.78. The van der Waals surface area contributed by atoms with E-state index >= 15 is 0 Å². The Morgan fingerprint density at radius 1 is 1.21 bits per heavy atom. The number of para-hydroxylation sites is 1. The molecule has 152 valence electrons. The SMILES string of the molecule is CCN(CCC(=O)O)C1=CC(=O)/C(=C\C=C2\N(C)c3ccccc3C2(C)C)C=C1. The van der Waals surface area contributed by atoms with Crippen molar-refractivity contribution in [1.82, 2.24) is 4.90 Å². The number of carbonyl (C=O) groups excluding carboxylic acids is 1. The van der Waals surface area contributed by atoms with Gasteiger partial charge in [-0.15, -0.1) is 0 Å². The number of hydrogen-bond acceptors (Lipinski definition) is 4. The van der Waals surface area contributed by atoms with Gasteiger partial charge in [0.05, 0.1) is 6.42 Å². The van der Waals surface area contributed by atoms with Crippen molar-refractivity contribution in [2.75, 3.05) is 25.0 Å². The maximum absolute atomic E-state index is 12.6. The number of carboxylic acids is 1. The normalized spacial score (nSPS) is 20.2. The monoisotopic (exact) mass is 392 g/mol. The highest BCUT2D eigenvalue weighted by Crippen LogP contribution is 2.46. The quantitative estimate of drug-likeness (QED) is 0.740. The van der Waals surface area contributed by atoms with Crippen LogP contribution in [0.25, 0.3) is 0 Å². The predicted molar refractivity (Wildman–Crippen MR) is 116 cm³/mol. The van der Waals surface area contributed by atoms with Gasteiger partial charge in [0.15, 0.2) is 5.78 Å². The summed E-state index contributed by atoms with van der Waals surface area (Å²) < 4.78 is 0. The van der Waals surface area contributed by atoms with Gasteiger partial charge < -0.3 is 14.9 Å². The van der Waals surface area contributed by atoms with E-state index in [1.54, 1.807) is 6.08 Å². The molecule has 0 aromatic heterocycles. The Hall–Kier alpha value is -3.08. The van der Waals surface area contributed by atoms with Crippen molar-refractivity contribution in [1.29, 1.82) is 0 Å². The van der Waals surface area contributed by atoms with Crippen LogP contribution in [0.2, 0.25) is 0 Å². The van der Waals surface area contributed by atoms with Gasteiger partial charge in [-0.05, 0) is 42.9 Å². The number of carboxylic acid groups (broad SMARTS) is 1. The molecular formula is C24H28N2O3. The lowest BCUT2D eigenvalue weighted by atomic mass is 9.83. The van der Waals surface area contributed by atoms with Gasteiger partial charge >= 0.3 is 5.97 Å². The number of aliphatic carboxylic acids is 1. The first-order chi connectivity index (χ1) is 13.8. The van der Waals surface area contributed by atoms with Crippen LogP contribution >= 0.6 is 0 Å². The summed E-state index contributed by atoms with van der Waals surface area (Å²) in [6, 6.07) is 8.36. The zero-order chi connectivity index (χ0) is 21.2. The van der Waals surface area contributed by atoms with Gasteiger partial charge in [0, 0.05) is 54.3 Å². The van der Waals surface area contributed by atoms with Gasteiger partial charge in [-0.25, -0.2) is 0 Å². The molecule has 0 saturated heterocycles. The van der Waals surface area contributed by atoms with Crippen molar-refractivity contribution < 1.29 is 14.7 Å². The Labute approximate surface area is 172 Å². The number of nitrogens with zero attached hydrogens (tertiary/aromatic N) is 2. The highest BCUT2D eigenvalue weighted by atomic mass is 16.4. The van der Waals surface area contributed by atoms with Crippen molar-refractivity contribution in [2.45, 2.75) is 32.6 Å². The van der Waals surface area contributed by atoms with E-state index in [2.05, 4.69) is 44.0 Å². The Balaban J connectivity index is 1.81. The molecule has 3 rings (SSSR count). The van der Waals surface area contributed by atoms with Crippen LogP contribution in [0, 0.1) is 0 Å². The van der Waals surface area contributed by atoms with E-state index in [0.717, 1.165) is 11.4 Å². The van der Waals surface area contributed by atoms with Gasteiger partial charge in [-0.3, -0.25) is 9.59 Å². The third-order valence-electron chi connectivity index (χ3n) is 5.70. The molecule has 1 heterocycles. The zero-order valence-corrected chi connectivity index (χ0v) is 17.5. The lowest BCUT2D eigenvalue weighted by Crippen LogP contribution is -2.26. The third kappa shape index (κ3) is 4.04. The van der Waals surface area contributed by atoms with Crippen LogP contribution in [0.5, 0.6) is 0 Å². The first kappa shape index (κ1) is 20.6. The minimum Gasteiger partial charge on any atom is -0.481 e. The second kappa shape index (κ2) is 8.11. The molecule has 1 aliphatic heterocycles. The maximum atomic E-state index is 12.6. The number of hydrogen-bond donors (Lipinski definition) is 1. The molecule has 0 bridgehead atoms. The summed E-state index contributed by atoms with van der Waals surface area (Å²) in [7, 11) is 2.05. The van der Waals surface area contributed by atoms with Gasteiger partial charge in [-0.1, -0.05) is 32.0 Å². The second-order valence-corrected chi connectivity index (χ2v) is 7.87. The number of rotatable bonds is 6. The number of likely N-dealkylation sites (N-methyl/N-ethyl adjacent to an activating group) is 2. The fourth-order valence-corrected chi connectivity index (χ4v) is 4.03. The van der Waals surface area contributed by atoms with Crippen molar-refractivity contribution in [3.63, 3.8) is 0 Å². The Morgan fingerprint density at radius 2 is 1.93 bits per heavy atom. The Morgan fingerprint density at radius 3 is 2.55 bits per heavy atom. The minimum atomic E-state index is -0.841. The van der Waals surface area contributed by atoms with Crippen LogP contribution in [0.1, 0.15) is 32.8 Å². The standard InChI is InChI=1S/C24H28N2O3/c1-5-26(15-14-23(28)29)18-12-10-17(21(27)16-18)11-13-22-24(2,3)19-8-6-7-9-20(19)25(22)4/h6-13,16H,5,14-15H2,1-4H3,(H,28,29)/b17-11-,22-13+. The van der Waals surface area contributed by atoms with E-state index in [1.807, 2.05) is 42.2 Å². The number of anilines is 1. The van der Waals surface area contributed by atoms with Gasteiger partial charge in [-0.2, -0.15) is 0 Å². The number of allylic oxidation sites excluding steroid dienone is 7. The lowest BCUT2D eigenvalue weighted by Gasteiger charge is -2.25. The summed E-state index contributed by atoms with van der Waals surface area (Å²) in [6.07, 6.45) is 9.23. The van der Waals surface area contributed by atoms with Crippen molar-refractivity contribution in [2.24, 2.45) is 0 Å². The molecule has 1 aromatic carbocycles.